The Labute approximate surface area is 188 Å². The summed E-state index contributed by atoms with van der Waals surface area (Å²) >= 11 is 3.43. The molecule has 1 aliphatic rings. The molecule has 0 spiro atoms. The zero-order chi connectivity index (χ0) is 22.0. The Balaban J connectivity index is 1.58. The van der Waals surface area contributed by atoms with E-state index in [0.29, 0.717) is 33.9 Å². The van der Waals surface area contributed by atoms with Crippen LogP contribution in [0.2, 0.25) is 0 Å². The van der Waals surface area contributed by atoms with Crippen LogP contribution in [0.4, 0.5) is 0 Å². The second kappa shape index (κ2) is 8.78. The SMILES string of the molecule is COc1ccc(Br)cc1/C=C1\Oc2c(ccc(OC(=O)Cc3ccccc3)c2C)C1=O. The number of esters is 1. The average molecular weight is 479 g/mol. The fraction of sp³-hybridized carbons (Fsp3) is 0.120. The number of Topliss-reactive ketones (excluding diaryl/α,β-unsaturated/α-hetero) is 1. The van der Waals surface area contributed by atoms with Crippen LogP contribution in [0.3, 0.4) is 0 Å². The number of ether oxygens (including phenoxy) is 3. The number of carbonyl (C=O) groups excluding carboxylic acids is 2. The van der Waals surface area contributed by atoms with Crippen molar-refractivity contribution in [3.05, 3.63) is 93.1 Å². The van der Waals surface area contributed by atoms with Gasteiger partial charge in [0.15, 0.2) is 5.76 Å². The number of benzene rings is 3. The fourth-order valence-corrected chi connectivity index (χ4v) is 3.74. The summed E-state index contributed by atoms with van der Waals surface area (Å²) in [6.45, 7) is 1.76. The molecule has 0 aromatic heterocycles. The third kappa shape index (κ3) is 4.39. The Kier molecular flexibility index (Phi) is 5.91. The van der Waals surface area contributed by atoms with Crippen LogP contribution in [0.25, 0.3) is 6.08 Å². The van der Waals surface area contributed by atoms with Crippen molar-refractivity contribution in [1.29, 1.82) is 0 Å². The Morgan fingerprint density at radius 1 is 1.06 bits per heavy atom. The van der Waals surface area contributed by atoms with Gasteiger partial charge in [0.25, 0.3) is 0 Å². The highest BCUT2D eigenvalue weighted by molar-refractivity contribution is 9.10. The molecule has 0 saturated carbocycles. The van der Waals surface area contributed by atoms with E-state index >= 15 is 0 Å². The van der Waals surface area contributed by atoms with Crippen LogP contribution in [-0.2, 0) is 11.2 Å². The van der Waals surface area contributed by atoms with Crippen LogP contribution in [0.15, 0.2) is 70.9 Å². The first kappa shape index (κ1) is 20.9. The third-order valence-corrected chi connectivity index (χ3v) is 5.42. The molecular weight excluding hydrogens is 460 g/mol. The van der Waals surface area contributed by atoms with Crippen molar-refractivity contribution < 1.29 is 23.8 Å². The number of carbonyl (C=O) groups is 2. The summed E-state index contributed by atoms with van der Waals surface area (Å²) in [5, 5.41) is 0. The maximum absolute atomic E-state index is 12.9. The van der Waals surface area contributed by atoms with Crippen LogP contribution in [0.5, 0.6) is 17.2 Å². The maximum atomic E-state index is 12.9. The highest BCUT2D eigenvalue weighted by Gasteiger charge is 2.30. The molecule has 0 unspecified atom stereocenters. The molecule has 156 valence electrons. The summed E-state index contributed by atoms with van der Waals surface area (Å²) in [7, 11) is 1.57. The first-order valence-corrected chi connectivity index (χ1v) is 10.4. The molecule has 0 aliphatic carbocycles. The second-order valence-electron chi connectivity index (χ2n) is 7.03. The number of methoxy groups -OCH3 is 1. The van der Waals surface area contributed by atoms with Gasteiger partial charge in [-0.15, -0.1) is 0 Å². The van der Waals surface area contributed by atoms with Gasteiger partial charge >= 0.3 is 5.97 Å². The number of rotatable bonds is 5. The van der Waals surface area contributed by atoms with Crippen molar-refractivity contribution in [2.75, 3.05) is 7.11 Å². The van der Waals surface area contributed by atoms with E-state index in [-0.39, 0.29) is 23.9 Å². The minimum Gasteiger partial charge on any atom is -0.496 e. The highest BCUT2D eigenvalue weighted by Crippen LogP contribution is 2.40. The van der Waals surface area contributed by atoms with E-state index in [1.165, 1.54) is 0 Å². The molecule has 5 nitrogen and oxygen atoms in total. The molecule has 31 heavy (non-hydrogen) atoms. The summed E-state index contributed by atoms with van der Waals surface area (Å²) in [4.78, 5) is 25.2. The fourth-order valence-electron chi connectivity index (χ4n) is 3.36. The molecule has 0 amide bonds. The van der Waals surface area contributed by atoms with Gasteiger partial charge in [0.05, 0.1) is 19.1 Å². The molecule has 1 aliphatic heterocycles. The summed E-state index contributed by atoms with van der Waals surface area (Å²) in [6, 6.07) is 18.1. The van der Waals surface area contributed by atoms with Crippen molar-refractivity contribution in [2.24, 2.45) is 0 Å². The van der Waals surface area contributed by atoms with Gasteiger partial charge in [-0.05, 0) is 48.9 Å². The molecule has 0 fully saturated rings. The summed E-state index contributed by atoms with van der Waals surface area (Å²) in [5.74, 6) is 0.956. The monoisotopic (exact) mass is 478 g/mol. The van der Waals surface area contributed by atoms with Gasteiger partial charge in [-0.1, -0.05) is 46.3 Å². The predicted molar refractivity (Wildman–Crippen MR) is 121 cm³/mol. The lowest BCUT2D eigenvalue weighted by Crippen LogP contribution is -2.12. The number of hydrogen-bond donors (Lipinski definition) is 0. The molecule has 1 heterocycles. The van der Waals surface area contributed by atoms with Crippen LogP contribution in [-0.4, -0.2) is 18.9 Å². The van der Waals surface area contributed by atoms with Crippen molar-refractivity contribution in [1.82, 2.24) is 0 Å². The van der Waals surface area contributed by atoms with E-state index in [0.717, 1.165) is 10.0 Å². The van der Waals surface area contributed by atoms with Gasteiger partial charge in [-0.3, -0.25) is 9.59 Å². The van der Waals surface area contributed by atoms with Crippen molar-refractivity contribution in [2.45, 2.75) is 13.3 Å². The smallest absolute Gasteiger partial charge is 0.315 e. The van der Waals surface area contributed by atoms with Gasteiger partial charge in [0.2, 0.25) is 5.78 Å². The molecule has 3 aromatic carbocycles. The zero-order valence-corrected chi connectivity index (χ0v) is 18.6. The Morgan fingerprint density at radius 3 is 2.55 bits per heavy atom. The first-order chi connectivity index (χ1) is 15.0. The van der Waals surface area contributed by atoms with Gasteiger partial charge in [-0.25, -0.2) is 0 Å². The lowest BCUT2D eigenvalue weighted by atomic mass is 10.1. The summed E-state index contributed by atoms with van der Waals surface area (Å²) < 4.78 is 17.6. The molecule has 0 atom stereocenters. The van der Waals surface area contributed by atoms with E-state index < -0.39 is 0 Å². The van der Waals surface area contributed by atoms with Gasteiger partial charge in [0.1, 0.15) is 17.2 Å². The predicted octanol–water partition coefficient (Wildman–Crippen LogP) is 5.53. The van der Waals surface area contributed by atoms with E-state index in [1.807, 2.05) is 42.5 Å². The minimum absolute atomic E-state index is 0.158. The Morgan fingerprint density at radius 2 is 1.81 bits per heavy atom. The lowest BCUT2D eigenvalue weighted by Gasteiger charge is -2.10. The molecule has 0 N–H and O–H groups in total. The van der Waals surface area contributed by atoms with Crippen molar-refractivity contribution in [3.63, 3.8) is 0 Å². The number of hydrogen-bond acceptors (Lipinski definition) is 5. The molecular formula is C25H19BrO5. The van der Waals surface area contributed by atoms with Crippen molar-refractivity contribution >= 4 is 33.8 Å². The van der Waals surface area contributed by atoms with Gasteiger partial charge < -0.3 is 14.2 Å². The van der Waals surface area contributed by atoms with Crippen molar-refractivity contribution in [3.8, 4) is 17.2 Å². The van der Waals surface area contributed by atoms with Crippen LogP contribution in [0.1, 0.15) is 27.0 Å². The van der Waals surface area contributed by atoms with E-state index in [1.54, 1.807) is 38.3 Å². The van der Waals surface area contributed by atoms with E-state index in [4.69, 9.17) is 14.2 Å². The van der Waals surface area contributed by atoms with Gasteiger partial charge in [0, 0.05) is 15.6 Å². The van der Waals surface area contributed by atoms with E-state index in [2.05, 4.69) is 15.9 Å². The largest absolute Gasteiger partial charge is 0.496 e. The molecule has 3 aromatic rings. The van der Waals surface area contributed by atoms with Gasteiger partial charge in [-0.2, -0.15) is 0 Å². The average Bonchev–Trinajstić information content (AvgIpc) is 3.07. The third-order valence-electron chi connectivity index (χ3n) is 4.93. The topological polar surface area (TPSA) is 61.8 Å². The minimum atomic E-state index is -0.381. The molecule has 0 radical (unpaired) electrons. The number of halogens is 1. The Hall–Kier alpha value is -3.38. The van der Waals surface area contributed by atoms with Crippen LogP contribution in [0, 0.1) is 6.92 Å². The summed E-state index contributed by atoms with van der Waals surface area (Å²) in [6.07, 6.45) is 1.80. The normalized spacial score (nSPS) is 13.6. The molecule has 0 saturated heterocycles. The van der Waals surface area contributed by atoms with Crippen LogP contribution < -0.4 is 14.2 Å². The van der Waals surface area contributed by atoms with Crippen LogP contribution >= 0.6 is 15.9 Å². The number of fused-ring (bicyclic) bond motifs is 1. The standard InChI is InChI=1S/C25H19BrO5/c1-15-20(30-23(27)12-16-6-4-3-5-7-16)11-9-19-24(28)22(31-25(15)19)14-17-13-18(26)8-10-21(17)29-2/h3-11,13-14H,12H2,1-2H3/b22-14-. The second-order valence-corrected chi connectivity index (χ2v) is 7.94. The quantitative estimate of drug-likeness (QED) is 0.274. The Bertz CT molecular complexity index is 1200. The highest BCUT2D eigenvalue weighted by atomic mass is 79.9. The molecule has 6 heteroatoms. The lowest BCUT2D eigenvalue weighted by molar-refractivity contribution is -0.133. The molecule has 0 bridgehead atoms. The first-order valence-electron chi connectivity index (χ1n) is 9.62. The van der Waals surface area contributed by atoms with E-state index in [9.17, 15) is 9.59 Å². The zero-order valence-electron chi connectivity index (χ0n) is 17.0. The number of ketones is 1. The maximum Gasteiger partial charge on any atom is 0.315 e. The molecule has 4 rings (SSSR count). The number of allylic oxidation sites excluding steroid dienone is 1. The summed E-state index contributed by atoms with van der Waals surface area (Å²) in [5.41, 5.74) is 2.60.